The molecular formula is C27H24O3S. The van der Waals surface area contributed by atoms with Crippen molar-refractivity contribution in [3.8, 4) is 16.9 Å². The first-order valence-corrected chi connectivity index (χ1v) is 12.0. The van der Waals surface area contributed by atoms with Crippen LogP contribution in [0.2, 0.25) is 0 Å². The van der Waals surface area contributed by atoms with Crippen molar-refractivity contribution >= 4 is 26.6 Å². The summed E-state index contributed by atoms with van der Waals surface area (Å²) in [5, 5.41) is 0.868. The molecule has 0 spiro atoms. The zero-order valence-corrected chi connectivity index (χ0v) is 18.1. The van der Waals surface area contributed by atoms with Gasteiger partial charge in [0.15, 0.2) is 4.70 Å². The molecule has 156 valence electrons. The molecule has 0 radical (unpaired) electrons. The van der Waals surface area contributed by atoms with Crippen molar-refractivity contribution in [3.05, 3.63) is 89.3 Å². The van der Waals surface area contributed by atoms with Crippen LogP contribution >= 0.6 is 10.8 Å². The van der Waals surface area contributed by atoms with E-state index >= 15 is 0 Å². The fourth-order valence-electron chi connectivity index (χ4n) is 4.44. The van der Waals surface area contributed by atoms with Crippen molar-refractivity contribution in [1.82, 2.24) is 0 Å². The lowest BCUT2D eigenvalue weighted by Crippen LogP contribution is -2.19. The van der Waals surface area contributed by atoms with E-state index in [0.717, 1.165) is 35.1 Å². The number of carbonyl (C=O) groups excluding carboxylic acids is 1. The van der Waals surface area contributed by atoms with E-state index in [-0.39, 0.29) is 11.9 Å². The van der Waals surface area contributed by atoms with Crippen LogP contribution in [0.1, 0.15) is 47.3 Å². The molecule has 1 aliphatic rings. The molecular weight excluding hydrogens is 404 g/mol. The maximum atomic E-state index is 13.5. The van der Waals surface area contributed by atoms with Gasteiger partial charge in [0, 0.05) is 10.9 Å². The molecule has 1 unspecified atom stereocenters. The van der Waals surface area contributed by atoms with E-state index < -0.39 is 10.8 Å². The lowest BCUT2D eigenvalue weighted by Gasteiger charge is -2.23. The maximum absolute atomic E-state index is 13.5. The second-order valence-electron chi connectivity index (χ2n) is 8.07. The number of carbonyl (C=O) groups is 1. The van der Waals surface area contributed by atoms with Crippen LogP contribution in [0.25, 0.3) is 21.2 Å². The Bertz CT molecular complexity index is 1200. The van der Waals surface area contributed by atoms with E-state index in [9.17, 15) is 9.35 Å². The highest BCUT2D eigenvalue weighted by atomic mass is 32.2. The Balaban J connectivity index is 1.52. The maximum Gasteiger partial charge on any atom is 0.245 e. The summed E-state index contributed by atoms with van der Waals surface area (Å²) in [5.41, 5.74) is 2.20. The van der Waals surface area contributed by atoms with Gasteiger partial charge in [-0.1, -0.05) is 48.9 Å². The van der Waals surface area contributed by atoms with Crippen LogP contribution in [0.15, 0.2) is 78.9 Å². The zero-order valence-electron chi connectivity index (χ0n) is 17.3. The molecule has 1 aromatic heterocycles. The van der Waals surface area contributed by atoms with Crippen molar-refractivity contribution in [2.24, 2.45) is 0 Å². The Morgan fingerprint density at radius 2 is 1.52 bits per heavy atom. The fraction of sp³-hybridized carbons (Fsp3) is 0.222. The standard InChI is InChI=1S/C27H24O3S/c28-26(20-15-17-22(18-16-20)30-21-11-5-2-6-12-21)27-25(19-9-3-1-4-10-19)23-13-7-8-14-24(23)31(27)29/h1,3-4,7-10,13-18,21H,2,5-6,11-12H2. The molecule has 0 aliphatic heterocycles. The normalized spacial score (nSPS) is 15.2. The summed E-state index contributed by atoms with van der Waals surface area (Å²) in [6, 6.07) is 24.6. The Morgan fingerprint density at radius 1 is 0.839 bits per heavy atom. The Kier molecular flexibility index (Phi) is 5.58. The van der Waals surface area contributed by atoms with Gasteiger partial charge >= 0.3 is 0 Å². The fourth-order valence-corrected chi connectivity index (χ4v) is 5.93. The van der Waals surface area contributed by atoms with Gasteiger partial charge in [0.05, 0.1) is 11.7 Å². The first-order chi connectivity index (χ1) is 15.2. The van der Waals surface area contributed by atoms with Gasteiger partial charge in [0.2, 0.25) is 10.7 Å². The van der Waals surface area contributed by atoms with Gasteiger partial charge in [-0.25, -0.2) is 0 Å². The van der Waals surface area contributed by atoms with E-state index in [1.54, 1.807) is 12.1 Å². The van der Waals surface area contributed by atoms with Gasteiger partial charge in [-0.3, -0.25) is 4.79 Å². The first kappa shape index (κ1) is 20.0. The summed E-state index contributed by atoms with van der Waals surface area (Å²) in [5.74, 6) is 0.592. The number of rotatable bonds is 5. The Labute approximate surface area is 185 Å². The average molecular weight is 429 g/mol. The van der Waals surface area contributed by atoms with E-state index in [1.165, 1.54) is 19.3 Å². The predicted molar refractivity (Wildman–Crippen MR) is 125 cm³/mol. The van der Waals surface area contributed by atoms with Gasteiger partial charge in [0.25, 0.3) is 0 Å². The number of benzene rings is 3. The minimum absolute atomic E-state index is 0.197. The quantitative estimate of drug-likeness (QED) is 0.250. The van der Waals surface area contributed by atoms with Crippen LogP contribution in [0.3, 0.4) is 0 Å². The summed E-state index contributed by atoms with van der Waals surface area (Å²) in [7, 11) is -1.51. The first-order valence-electron chi connectivity index (χ1n) is 10.8. The third kappa shape index (κ3) is 3.89. The number of ketones is 1. The van der Waals surface area contributed by atoms with Crippen molar-refractivity contribution in [3.63, 3.8) is 0 Å². The summed E-state index contributed by atoms with van der Waals surface area (Å²) >= 11 is 0. The molecule has 1 saturated carbocycles. The third-order valence-corrected chi connectivity index (χ3v) is 7.52. The molecule has 4 heteroatoms. The third-order valence-electron chi connectivity index (χ3n) is 6.01. The molecule has 0 N–H and O–H groups in total. The molecule has 5 rings (SSSR count). The van der Waals surface area contributed by atoms with Crippen LogP contribution in [0.4, 0.5) is 0 Å². The minimum atomic E-state index is -1.51. The molecule has 3 nitrogen and oxygen atoms in total. The lowest BCUT2D eigenvalue weighted by molar-refractivity contribution is 0.104. The summed E-state index contributed by atoms with van der Waals surface area (Å²) in [4.78, 5) is 13.9. The molecule has 1 aliphatic carbocycles. The van der Waals surface area contributed by atoms with Crippen molar-refractivity contribution in [1.29, 1.82) is 0 Å². The van der Waals surface area contributed by atoms with Crippen LogP contribution in [-0.2, 0) is 0 Å². The number of hydrogen-bond donors (Lipinski definition) is 0. The topological polar surface area (TPSA) is 49.4 Å². The monoisotopic (exact) mass is 428 g/mol. The molecule has 0 amide bonds. The van der Waals surface area contributed by atoms with Crippen LogP contribution in [0.5, 0.6) is 5.75 Å². The van der Waals surface area contributed by atoms with Gasteiger partial charge in [-0.05, 0) is 78.4 Å². The average Bonchev–Trinajstić information content (AvgIpc) is 3.13. The largest absolute Gasteiger partial charge is 0.590 e. The molecule has 31 heavy (non-hydrogen) atoms. The van der Waals surface area contributed by atoms with Gasteiger partial charge in [0.1, 0.15) is 5.75 Å². The predicted octanol–water partition coefficient (Wildman–Crippen LogP) is 7.18. The molecule has 4 aromatic rings. The van der Waals surface area contributed by atoms with Crippen molar-refractivity contribution in [2.75, 3.05) is 0 Å². The van der Waals surface area contributed by atoms with Crippen LogP contribution in [-0.4, -0.2) is 16.4 Å². The lowest BCUT2D eigenvalue weighted by atomic mass is 9.97. The number of fused-ring (bicyclic) bond motifs is 1. The van der Waals surface area contributed by atoms with Crippen molar-refractivity contribution < 1.29 is 14.1 Å². The van der Waals surface area contributed by atoms with Gasteiger partial charge < -0.3 is 9.29 Å². The molecule has 1 atom stereocenters. The van der Waals surface area contributed by atoms with Crippen LogP contribution < -0.4 is 4.74 Å². The van der Waals surface area contributed by atoms with Gasteiger partial charge in [-0.15, -0.1) is 0 Å². The van der Waals surface area contributed by atoms with E-state index in [1.807, 2.05) is 66.7 Å². The number of hydrogen-bond acceptors (Lipinski definition) is 3. The highest BCUT2D eigenvalue weighted by molar-refractivity contribution is 7.33. The number of thiophene rings is 1. The van der Waals surface area contributed by atoms with Gasteiger partial charge in [-0.2, -0.15) is 0 Å². The second-order valence-corrected chi connectivity index (χ2v) is 9.45. The second kappa shape index (κ2) is 8.66. The SMILES string of the molecule is O=C(c1ccc(OC2CCCCC2)cc1)c1c(-c2ccccc2)c2ccccc2[s+]1[O-]. The minimum Gasteiger partial charge on any atom is -0.590 e. The highest BCUT2D eigenvalue weighted by Crippen LogP contribution is 2.44. The van der Waals surface area contributed by atoms with Crippen molar-refractivity contribution in [2.45, 2.75) is 38.2 Å². The van der Waals surface area contributed by atoms with E-state index in [0.29, 0.717) is 15.1 Å². The van der Waals surface area contributed by atoms with E-state index in [4.69, 9.17) is 4.74 Å². The molecule has 1 fully saturated rings. The molecule has 1 heterocycles. The zero-order chi connectivity index (χ0) is 21.2. The molecule has 3 aromatic carbocycles. The van der Waals surface area contributed by atoms with E-state index in [2.05, 4.69) is 0 Å². The number of ether oxygens (including phenoxy) is 1. The Morgan fingerprint density at radius 3 is 2.26 bits per heavy atom. The Hall–Kier alpha value is -2.95. The molecule has 0 saturated heterocycles. The molecule has 0 bridgehead atoms. The van der Waals surface area contributed by atoms with Crippen LogP contribution in [0, 0.1) is 0 Å². The summed E-state index contributed by atoms with van der Waals surface area (Å²) in [6.07, 6.45) is 6.15. The summed E-state index contributed by atoms with van der Waals surface area (Å²) < 4.78 is 20.1. The smallest absolute Gasteiger partial charge is 0.245 e. The summed E-state index contributed by atoms with van der Waals surface area (Å²) in [6.45, 7) is 0. The highest BCUT2D eigenvalue weighted by Gasteiger charge is 2.30.